The second-order valence-electron chi connectivity index (χ2n) is 5.41. The summed E-state index contributed by atoms with van der Waals surface area (Å²) >= 11 is 1.55. The number of aromatic nitrogens is 1. The van der Waals surface area contributed by atoms with E-state index < -0.39 is 0 Å². The summed E-state index contributed by atoms with van der Waals surface area (Å²) in [7, 11) is 0. The van der Waals surface area contributed by atoms with Crippen LogP contribution in [-0.2, 0) is 6.54 Å². The van der Waals surface area contributed by atoms with Crippen molar-refractivity contribution in [2.75, 3.05) is 0 Å². The zero-order valence-corrected chi connectivity index (χ0v) is 12.6. The van der Waals surface area contributed by atoms with Crippen LogP contribution in [0.2, 0.25) is 0 Å². The van der Waals surface area contributed by atoms with Crippen LogP contribution in [0.5, 0.6) is 0 Å². The van der Waals surface area contributed by atoms with Gasteiger partial charge in [0, 0.05) is 12.5 Å². The van der Waals surface area contributed by atoms with Crippen molar-refractivity contribution < 1.29 is 4.79 Å². The lowest BCUT2D eigenvalue weighted by Gasteiger charge is -2.05. The number of thiazole rings is 1. The van der Waals surface area contributed by atoms with E-state index in [4.69, 9.17) is 0 Å². The highest BCUT2D eigenvalue weighted by molar-refractivity contribution is 7.13. The molecular formula is C16H18N2OS. The van der Waals surface area contributed by atoms with E-state index in [9.17, 15) is 4.79 Å². The molecule has 0 atom stereocenters. The fraction of sp³-hybridized carbons (Fsp3) is 0.375. The number of amides is 1. The van der Waals surface area contributed by atoms with Gasteiger partial charge in [0.2, 0.25) is 0 Å². The van der Waals surface area contributed by atoms with Crippen molar-refractivity contribution >= 4 is 17.2 Å². The SMILES string of the molecule is Cc1cccc(CNC(=O)c2sc(C3CC3)nc2C)c1. The second kappa shape index (κ2) is 5.37. The van der Waals surface area contributed by atoms with Gasteiger partial charge < -0.3 is 5.32 Å². The Morgan fingerprint density at radius 1 is 1.40 bits per heavy atom. The van der Waals surface area contributed by atoms with Crippen LogP contribution < -0.4 is 5.32 Å². The molecule has 1 aromatic carbocycles. The smallest absolute Gasteiger partial charge is 0.263 e. The normalized spacial score (nSPS) is 14.3. The molecule has 1 N–H and O–H groups in total. The molecule has 1 amide bonds. The highest BCUT2D eigenvalue weighted by Gasteiger charge is 2.28. The van der Waals surface area contributed by atoms with Gasteiger partial charge in [-0.25, -0.2) is 4.98 Å². The number of rotatable bonds is 4. The first-order valence-electron chi connectivity index (χ1n) is 6.94. The Bertz CT molecular complexity index is 644. The number of carbonyl (C=O) groups excluding carboxylic acids is 1. The zero-order chi connectivity index (χ0) is 14.1. The number of hydrogen-bond acceptors (Lipinski definition) is 3. The lowest BCUT2D eigenvalue weighted by molar-refractivity contribution is 0.0954. The minimum Gasteiger partial charge on any atom is -0.347 e. The topological polar surface area (TPSA) is 42.0 Å². The van der Waals surface area contributed by atoms with Gasteiger partial charge in [-0.2, -0.15) is 0 Å². The van der Waals surface area contributed by atoms with E-state index in [1.165, 1.54) is 18.4 Å². The van der Waals surface area contributed by atoms with Crippen LogP contribution in [-0.4, -0.2) is 10.9 Å². The van der Waals surface area contributed by atoms with Crippen LogP contribution in [0.15, 0.2) is 24.3 Å². The number of aryl methyl sites for hydroxylation is 2. The molecule has 1 aliphatic rings. The van der Waals surface area contributed by atoms with Gasteiger partial charge in [0.15, 0.2) is 0 Å². The first-order valence-corrected chi connectivity index (χ1v) is 7.76. The van der Waals surface area contributed by atoms with Gasteiger partial charge in [-0.1, -0.05) is 29.8 Å². The molecule has 0 unspecified atom stereocenters. The first-order chi connectivity index (χ1) is 9.63. The fourth-order valence-corrected chi connectivity index (χ4v) is 3.37. The Labute approximate surface area is 123 Å². The van der Waals surface area contributed by atoms with Gasteiger partial charge in [0.1, 0.15) is 4.88 Å². The van der Waals surface area contributed by atoms with Crippen molar-refractivity contribution in [2.45, 2.75) is 39.2 Å². The van der Waals surface area contributed by atoms with Crippen molar-refractivity contribution in [2.24, 2.45) is 0 Å². The summed E-state index contributed by atoms with van der Waals surface area (Å²) in [6, 6.07) is 8.19. The van der Waals surface area contributed by atoms with Crippen LogP contribution in [0, 0.1) is 13.8 Å². The molecule has 3 rings (SSSR count). The quantitative estimate of drug-likeness (QED) is 0.933. The monoisotopic (exact) mass is 286 g/mol. The number of benzene rings is 1. The average molecular weight is 286 g/mol. The van der Waals surface area contributed by atoms with E-state index in [1.807, 2.05) is 19.1 Å². The molecule has 0 radical (unpaired) electrons. The minimum atomic E-state index is -0.00611. The van der Waals surface area contributed by atoms with Gasteiger partial charge in [-0.05, 0) is 32.3 Å². The van der Waals surface area contributed by atoms with Gasteiger partial charge in [0.25, 0.3) is 5.91 Å². The fourth-order valence-electron chi connectivity index (χ4n) is 2.22. The Morgan fingerprint density at radius 3 is 2.90 bits per heavy atom. The number of nitrogens with one attached hydrogen (secondary N) is 1. The largest absolute Gasteiger partial charge is 0.347 e. The summed E-state index contributed by atoms with van der Waals surface area (Å²) in [5.41, 5.74) is 3.20. The maximum absolute atomic E-state index is 12.2. The maximum Gasteiger partial charge on any atom is 0.263 e. The van der Waals surface area contributed by atoms with Gasteiger partial charge in [0.05, 0.1) is 10.7 Å². The number of carbonyl (C=O) groups is 1. The van der Waals surface area contributed by atoms with E-state index in [-0.39, 0.29) is 5.91 Å². The van der Waals surface area contributed by atoms with Crippen LogP contribution in [0.1, 0.15) is 50.3 Å². The molecule has 1 aliphatic carbocycles. The van der Waals surface area contributed by atoms with Crippen molar-refractivity contribution in [3.05, 3.63) is 51.0 Å². The molecule has 1 saturated carbocycles. The van der Waals surface area contributed by atoms with Crippen LogP contribution in [0.25, 0.3) is 0 Å². The maximum atomic E-state index is 12.2. The molecule has 1 fully saturated rings. The summed E-state index contributed by atoms with van der Waals surface area (Å²) in [5.74, 6) is 0.602. The van der Waals surface area contributed by atoms with E-state index in [2.05, 4.69) is 29.4 Å². The Kier molecular flexibility index (Phi) is 3.57. The zero-order valence-electron chi connectivity index (χ0n) is 11.8. The lowest BCUT2D eigenvalue weighted by Crippen LogP contribution is -2.22. The van der Waals surface area contributed by atoms with Crippen molar-refractivity contribution in [1.29, 1.82) is 0 Å². The Morgan fingerprint density at radius 2 is 2.20 bits per heavy atom. The van der Waals surface area contributed by atoms with Gasteiger partial charge in [-0.15, -0.1) is 11.3 Å². The van der Waals surface area contributed by atoms with Crippen LogP contribution in [0.3, 0.4) is 0 Å². The van der Waals surface area contributed by atoms with Gasteiger partial charge >= 0.3 is 0 Å². The van der Waals surface area contributed by atoms with Crippen LogP contribution in [0.4, 0.5) is 0 Å². The summed E-state index contributed by atoms with van der Waals surface area (Å²) in [6.07, 6.45) is 2.44. The molecular weight excluding hydrogens is 268 g/mol. The van der Waals surface area contributed by atoms with E-state index in [0.717, 1.165) is 21.1 Å². The van der Waals surface area contributed by atoms with Crippen LogP contribution >= 0.6 is 11.3 Å². The van der Waals surface area contributed by atoms with Crippen molar-refractivity contribution in [3.8, 4) is 0 Å². The van der Waals surface area contributed by atoms with Crippen molar-refractivity contribution in [1.82, 2.24) is 10.3 Å². The third kappa shape index (κ3) is 2.90. The minimum absolute atomic E-state index is 0.00611. The predicted molar refractivity (Wildman–Crippen MR) is 81.2 cm³/mol. The number of nitrogens with zero attached hydrogens (tertiary/aromatic N) is 1. The molecule has 0 bridgehead atoms. The standard InChI is InChI=1S/C16H18N2OS/c1-10-4-3-5-12(8-10)9-17-15(19)14-11(2)18-16(20-14)13-6-7-13/h3-5,8,13H,6-7,9H2,1-2H3,(H,17,19). The lowest BCUT2D eigenvalue weighted by atomic mass is 10.1. The van der Waals surface area contributed by atoms with E-state index in [1.54, 1.807) is 11.3 Å². The molecule has 4 heteroatoms. The first kappa shape index (κ1) is 13.3. The predicted octanol–water partition coefficient (Wildman–Crippen LogP) is 3.57. The molecule has 3 nitrogen and oxygen atoms in total. The molecule has 0 saturated heterocycles. The van der Waals surface area contributed by atoms with E-state index in [0.29, 0.717) is 12.5 Å². The molecule has 2 aromatic rings. The highest BCUT2D eigenvalue weighted by Crippen LogP contribution is 2.42. The molecule has 0 spiro atoms. The molecule has 1 heterocycles. The summed E-state index contributed by atoms with van der Waals surface area (Å²) in [6.45, 7) is 4.54. The Hall–Kier alpha value is -1.68. The third-order valence-corrected chi connectivity index (χ3v) is 4.80. The molecule has 1 aromatic heterocycles. The van der Waals surface area contributed by atoms with Crippen molar-refractivity contribution in [3.63, 3.8) is 0 Å². The number of hydrogen-bond donors (Lipinski definition) is 1. The average Bonchev–Trinajstić information content (AvgIpc) is 3.19. The molecule has 104 valence electrons. The molecule has 0 aliphatic heterocycles. The van der Waals surface area contributed by atoms with E-state index >= 15 is 0 Å². The second-order valence-corrected chi connectivity index (χ2v) is 6.44. The van der Waals surface area contributed by atoms with Gasteiger partial charge in [-0.3, -0.25) is 4.79 Å². The third-order valence-electron chi connectivity index (χ3n) is 3.48. The molecule has 20 heavy (non-hydrogen) atoms. The summed E-state index contributed by atoms with van der Waals surface area (Å²) in [5, 5.41) is 4.12. The highest BCUT2D eigenvalue weighted by atomic mass is 32.1. The summed E-state index contributed by atoms with van der Waals surface area (Å²) < 4.78 is 0. The summed E-state index contributed by atoms with van der Waals surface area (Å²) in [4.78, 5) is 17.5. The Balaban J connectivity index is 1.67.